The molecule has 0 fully saturated rings. The molecule has 0 saturated carbocycles. The molecule has 1 aromatic carbocycles. The van der Waals surface area contributed by atoms with E-state index in [1.165, 1.54) is 11.1 Å². The summed E-state index contributed by atoms with van der Waals surface area (Å²) in [7, 11) is 0. The Hall–Kier alpha value is -0.500. The van der Waals surface area contributed by atoms with E-state index in [1.807, 2.05) is 0 Å². The maximum atomic E-state index is 5.81. The smallest absolute Gasteiger partial charge is 0.123 e. The third-order valence-corrected chi connectivity index (χ3v) is 2.87. The van der Waals surface area contributed by atoms with Gasteiger partial charge in [0.05, 0.1) is 6.10 Å². The van der Waals surface area contributed by atoms with Gasteiger partial charge in [-0.25, -0.2) is 0 Å². The molecule has 0 bridgehead atoms. The fourth-order valence-corrected chi connectivity index (χ4v) is 1.67. The van der Waals surface area contributed by atoms with Crippen molar-refractivity contribution in [3.8, 4) is 5.75 Å². The zero-order valence-electron chi connectivity index (χ0n) is 9.01. The zero-order valence-corrected chi connectivity index (χ0v) is 10.6. The summed E-state index contributed by atoms with van der Waals surface area (Å²) in [5, 5.41) is 0.848. The largest absolute Gasteiger partial charge is 0.490 e. The summed E-state index contributed by atoms with van der Waals surface area (Å²) in [6.07, 6.45) is 1.32. The molecular weight excluding hydrogens is 240 g/mol. The lowest BCUT2D eigenvalue weighted by Gasteiger charge is -2.15. The molecule has 1 aromatic rings. The van der Waals surface area contributed by atoms with Crippen LogP contribution in [0.4, 0.5) is 0 Å². The van der Waals surface area contributed by atoms with Gasteiger partial charge in [0, 0.05) is 10.9 Å². The average Bonchev–Trinajstić information content (AvgIpc) is 2.20. The molecule has 1 rings (SSSR count). The molecule has 0 spiro atoms. The Bertz CT molecular complexity index is 296. The van der Waals surface area contributed by atoms with E-state index in [0.717, 1.165) is 17.5 Å². The molecule has 78 valence electrons. The Labute approximate surface area is 94.6 Å². The molecule has 0 radical (unpaired) electrons. The van der Waals surface area contributed by atoms with Crippen LogP contribution in [0, 0.1) is 6.92 Å². The van der Waals surface area contributed by atoms with Gasteiger partial charge in [0.25, 0.3) is 0 Å². The van der Waals surface area contributed by atoms with Crippen LogP contribution in [-0.4, -0.2) is 6.10 Å². The molecule has 0 aromatic heterocycles. The molecule has 0 saturated heterocycles. The minimum Gasteiger partial charge on any atom is -0.490 e. The van der Waals surface area contributed by atoms with Crippen LogP contribution in [0.2, 0.25) is 0 Å². The van der Waals surface area contributed by atoms with Crippen LogP contribution in [0.3, 0.4) is 0 Å². The van der Waals surface area contributed by atoms with Gasteiger partial charge in [-0.15, -0.1) is 0 Å². The highest BCUT2D eigenvalue weighted by Gasteiger charge is 2.06. The summed E-state index contributed by atoms with van der Waals surface area (Å²) in [4.78, 5) is 0. The highest BCUT2D eigenvalue weighted by Crippen LogP contribution is 2.23. The number of hydrogen-bond donors (Lipinski definition) is 0. The van der Waals surface area contributed by atoms with Crippen molar-refractivity contribution in [2.24, 2.45) is 0 Å². The predicted molar refractivity (Wildman–Crippen MR) is 64.2 cm³/mol. The van der Waals surface area contributed by atoms with Crippen LogP contribution >= 0.6 is 15.9 Å². The monoisotopic (exact) mass is 256 g/mol. The molecule has 0 aliphatic carbocycles. The van der Waals surface area contributed by atoms with Gasteiger partial charge in [0.15, 0.2) is 0 Å². The molecule has 0 N–H and O–H groups in total. The van der Waals surface area contributed by atoms with Crippen LogP contribution in [-0.2, 0) is 5.33 Å². The van der Waals surface area contributed by atoms with Crippen molar-refractivity contribution in [1.29, 1.82) is 0 Å². The minimum atomic E-state index is 0.288. The number of benzene rings is 1. The number of alkyl halides is 1. The van der Waals surface area contributed by atoms with Gasteiger partial charge >= 0.3 is 0 Å². The Morgan fingerprint density at radius 3 is 2.71 bits per heavy atom. The highest BCUT2D eigenvalue weighted by atomic mass is 79.9. The number of halogens is 1. The summed E-state index contributed by atoms with van der Waals surface area (Å²) in [6.45, 7) is 6.32. The van der Waals surface area contributed by atoms with Crippen LogP contribution in [0.15, 0.2) is 18.2 Å². The van der Waals surface area contributed by atoms with Crippen molar-refractivity contribution in [2.75, 3.05) is 0 Å². The SMILES string of the molecule is CCC(C)Oc1ccc(C)cc1CBr. The Kier molecular flexibility index (Phi) is 4.46. The standard InChI is InChI=1S/C12H17BrO/c1-4-10(3)14-12-6-5-9(2)7-11(12)8-13/h5-7,10H,4,8H2,1-3H3. The van der Waals surface area contributed by atoms with Crippen LogP contribution < -0.4 is 4.74 Å². The molecular formula is C12H17BrO. The summed E-state index contributed by atoms with van der Waals surface area (Å²) < 4.78 is 5.81. The first-order valence-corrected chi connectivity index (χ1v) is 6.11. The molecule has 0 heterocycles. The lowest BCUT2D eigenvalue weighted by molar-refractivity contribution is 0.216. The third kappa shape index (κ3) is 3.02. The Morgan fingerprint density at radius 1 is 1.43 bits per heavy atom. The van der Waals surface area contributed by atoms with E-state index in [9.17, 15) is 0 Å². The van der Waals surface area contributed by atoms with Gasteiger partial charge in [-0.05, 0) is 26.3 Å². The van der Waals surface area contributed by atoms with Gasteiger partial charge in [-0.3, -0.25) is 0 Å². The first kappa shape index (κ1) is 11.6. The first-order chi connectivity index (χ1) is 6.67. The molecule has 2 heteroatoms. The minimum absolute atomic E-state index is 0.288. The van der Waals surface area contributed by atoms with Gasteiger partial charge in [0.1, 0.15) is 5.75 Å². The molecule has 0 amide bonds. The second-order valence-electron chi connectivity index (χ2n) is 3.58. The number of hydrogen-bond acceptors (Lipinski definition) is 1. The lowest BCUT2D eigenvalue weighted by Crippen LogP contribution is -2.10. The summed E-state index contributed by atoms with van der Waals surface area (Å²) in [5.41, 5.74) is 2.50. The van der Waals surface area contributed by atoms with E-state index in [2.05, 4.69) is 54.9 Å². The third-order valence-electron chi connectivity index (χ3n) is 2.26. The van der Waals surface area contributed by atoms with Crippen LogP contribution in [0.5, 0.6) is 5.75 Å². The molecule has 1 unspecified atom stereocenters. The van der Waals surface area contributed by atoms with Gasteiger partial charge in [0.2, 0.25) is 0 Å². The molecule has 0 aliphatic heterocycles. The highest BCUT2D eigenvalue weighted by molar-refractivity contribution is 9.08. The summed E-state index contributed by atoms with van der Waals surface area (Å²) in [5.74, 6) is 1.00. The Balaban J connectivity index is 2.85. The Morgan fingerprint density at radius 2 is 2.14 bits per heavy atom. The second-order valence-corrected chi connectivity index (χ2v) is 4.14. The molecule has 1 nitrogen and oxygen atoms in total. The quantitative estimate of drug-likeness (QED) is 0.739. The van der Waals surface area contributed by atoms with Crippen molar-refractivity contribution < 1.29 is 4.74 Å². The van der Waals surface area contributed by atoms with Gasteiger partial charge in [-0.2, -0.15) is 0 Å². The van der Waals surface area contributed by atoms with E-state index in [4.69, 9.17) is 4.74 Å². The molecule has 0 aliphatic rings. The van der Waals surface area contributed by atoms with Gasteiger partial charge < -0.3 is 4.74 Å². The predicted octanol–water partition coefficient (Wildman–Crippen LogP) is 4.07. The summed E-state index contributed by atoms with van der Waals surface area (Å²) >= 11 is 3.47. The second kappa shape index (κ2) is 5.40. The maximum Gasteiger partial charge on any atom is 0.123 e. The maximum absolute atomic E-state index is 5.81. The van der Waals surface area contributed by atoms with Crippen LogP contribution in [0.1, 0.15) is 31.4 Å². The zero-order chi connectivity index (χ0) is 10.6. The number of rotatable bonds is 4. The molecule has 1 atom stereocenters. The summed E-state index contributed by atoms with van der Waals surface area (Å²) in [6, 6.07) is 6.30. The molecule has 14 heavy (non-hydrogen) atoms. The number of aryl methyl sites for hydroxylation is 1. The topological polar surface area (TPSA) is 9.23 Å². The van der Waals surface area contributed by atoms with E-state index in [1.54, 1.807) is 0 Å². The van der Waals surface area contributed by atoms with E-state index in [-0.39, 0.29) is 6.10 Å². The van der Waals surface area contributed by atoms with E-state index in [0.29, 0.717) is 0 Å². The van der Waals surface area contributed by atoms with Crippen LogP contribution in [0.25, 0.3) is 0 Å². The van der Waals surface area contributed by atoms with Crippen molar-refractivity contribution in [3.05, 3.63) is 29.3 Å². The van der Waals surface area contributed by atoms with Crippen molar-refractivity contribution in [1.82, 2.24) is 0 Å². The van der Waals surface area contributed by atoms with Crippen molar-refractivity contribution in [2.45, 2.75) is 38.6 Å². The fourth-order valence-electron chi connectivity index (χ4n) is 1.23. The van der Waals surface area contributed by atoms with Crippen molar-refractivity contribution in [3.63, 3.8) is 0 Å². The lowest BCUT2D eigenvalue weighted by atomic mass is 10.1. The normalized spacial score (nSPS) is 12.6. The average molecular weight is 257 g/mol. The van der Waals surface area contributed by atoms with Gasteiger partial charge in [-0.1, -0.05) is 40.5 Å². The van der Waals surface area contributed by atoms with E-state index >= 15 is 0 Å². The first-order valence-electron chi connectivity index (χ1n) is 4.99. The van der Waals surface area contributed by atoms with Crippen molar-refractivity contribution >= 4 is 15.9 Å². The fraction of sp³-hybridized carbons (Fsp3) is 0.500. The number of ether oxygens (including phenoxy) is 1. The van der Waals surface area contributed by atoms with E-state index < -0.39 is 0 Å².